The van der Waals surface area contributed by atoms with Crippen LogP contribution in [0.4, 0.5) is 0 Å². The van der Waals surface area contributed by atoms with Gasteiger partial charge in [0.15, 0.2) is 0 Å². The molecule has 0 saturated carbocycles. The molecule has 0 aliphatic carbocycles. The van der Waals surface area contributed by atoms with Crippen molar-refractivity contribution in [2.45, 2.75) is 32.3 Å². The van der Waals surface area contributed by atoms with Gasteiger partial charge in [-0.1, -0.05) is 0 Å². The molecule has 2 heterocycles. The largest absolute Gasteiger partial charge is 0.488 e. The maximum absolute atomic E-state index is 12.0. The van der Waals surface area contributed by atoms with Crippen molar-refractivity contribution in [3.05, 3.63) is 24.5 Å². The van der Waals surface area contributed by atoms with Gasteiger partial charge < -0.3 is 14.4 Å². The Morgan fingerprint density at radius 3 is 2.81 bits per heavy atom. The first-order chi connectivity index (χ1) is 10.2. The molecule has 1 aromatic heterocycles. The third-order valence-electron chi connectivity index (χ3n) is 3.30. The van der Waals surface area contributed by atoms with Gasteiger partial charge in [-0.3, -0.25) is 14.6 Å². The van der Waals surface area contributed by atoms with E-state index in [1.807, 2.05) is 0 Å². The Labute approximate surface area is 124 Å². The molecule has 2 rings (SSSR count). The molecule has 1 fully saturated rings. The maximum Gasteiger partial charge on any atom is 0.306 e. The number of carbonyl (C=O) groups excluding carboxylic acids is 2. The number of hydrogen-bond donors (Lipinski definition) is 0. The quantitative estimate of drug-likeness (QED) is 0.741. The summed E-state index contributed by atoms with van der Waals surface area (Å²) in [6.45, 7) is 3.32. The van der Waals surface area contributed by atoms with Crippen molar-refractivity contribution in [1.29, 1.82) is 0 Å². The third kappa shape index (κ3) is 4.73. The molecular weight excluding hydrogens is 272 g/mol. The van der Waals surface area contributed by atoms with Crippen molar-refractivity contribution < 1.29 is 19.1 Å². The van der Waals surface area contributed by atoms with Gasteiger partial charge in [0.2, 0.25) is 5.91 Å². The third-order valence-corrected chi connectivity index (χ3v) is 3.30. The average molecular weight is 292 g/mol. The minimum Gasteiger partial charge on any atom is -0.488 e. The van der Waals surface area contributed by atoms with Crippen molar-refractivity contribution in [3.8, 4) is 5.75 Å². The Hall–Kier alpha value is -2.11. The maximum atomic E-state index is 12.0. The Morgan fingerprint density at radius 2 is 2.10 bits per heavy atom. The van der Waals surface area contributed by atoms with Crippen molar-refractivity contribution in [1.82, 2.24) is 9.88 Å². The van der Waals surface area contributed by atoms with Crippen LogP contribution in [0.15, 0.2) is 24.5 Å². The fourth-order valence-electron chi connectivity index (χ4n) is 2.26. The number of likely N-dealkylation sites (tertiary alicyclic amines) is 1. The Bertz CT molecular complexity index is 478. The van der Waals surface area contributed by atoms with Crippen LogP contribution in [-0.2, 0) is 14.3 Å². The lowest BCUT2D eigenvalue weighted by Gasteiger charge is -2.17. The smallest absolute Gasteiger partial charge is 0.306 e. The summed E-state index contributed by atoms with van der Waals surface area (Å²) in [7, 11) is 0. The Morgan fingerprint density at radius 1 is 1.33 bits per heavy atom. The van der Waals surface area contributed by atoms with Crippen molar-refractivity contribution >= 4 is 11.9 Å². The number of hydrogen-bond acceptors (Lipinski definition) is 5. The van der Waals surface area contributed by atoms with Crippen LogP contribution in [0, 0.1) is 0 Å². The molecule has 0 radical (unpaired) electrons. The number of rotatable bonds is 6. The van der Waals surface area contributed by atoms with E-state index in [9.17, 15) is 9.59 Å². The summed E-state index contributed by atoms with van der Waals surface area (Å²) in [4.78, 5) is 28.9. The van der Waals surface area contributed by atoms with E-state index in [1.54, 1.807) is 36.4 Å². The second kappa shape index (κ2) is 7.61. The summed E-state index contributed by atoms with van der Waals surface area (Å²) in [6, 6.07) is 3.59. The highest BCUT2D eigenvalue weighted by Gasteiger charge is 2.27. The van der Waals surface area contributed by atoms with Crippen molar-refractivity contribution in [3.63, 3.8) is 0 Å². The van der Waals surface area contributed by atoms with E-state index in [-0.39, 0.29) is 30.8 Å². The summed E-state index contributed by atoms with van der Waals surface area (Å²) in [5, 5.41) is 0. The first-order valence-corrected chi connectivity index (χ1v) is 7.19. The second-order valence-electron chi connectivity index (χ2n) is 4.86. The molecule has 0 unspecified atom stereocenters. The van der Waals surface area contributed by atoms with Gasteiger partial charge in [-0.05, 0) is 19.1 Å². The SMILES string of the molecule is CCOC(=O)CCC(=O)N1CC[C@@H](Oc2ccncc2)C1. The normalized spacial score (nSPS) is 17.6. The summed E-state index contributed by atoms with van der Waals surface area (Å²) in [5.74, 6) is 0.411. The summed E-state index contributed by atoms with van der Waals surface area (Å²) < 4.78 is 10.6. The molecular formula is C15H20N2O4. The lowest BCUT2D eigenvalue weighted by atomic mass is 10.3. The highest BCUT2D eigenvalue weighted by Crippen LogP contribution is 2.18. The number of ether oxygens (including phenoxy) is 2. The first-order valence-electron chi connectivity index (χ1n) is 7.19. The topological polar surface area (TPSA) is 68.7 Å². The summed E-state index contributed by atoms with van der Waals surface area (Å²) in [6.07, 6.45) is 4.48. The van der Waals surface area contributed by atoms with Gasteiger partial charge in [-0.2, -0.15) is 0 Å². The molecule has 0 N–H and O–H groups in total. The van der Waals surface area contributed by atoms with Crippen LogP contribution < -0.4 is 4.74 Å². The van der Waals surface area contributed by atoms with Crippen molar-refractivity contribution in [2.24, 2.45) is 0 Å². The number of nitrogens with zero attached hydrogens (tertiary/aromatic N) is 2. The van der Waals surface area contributed by atoms with E-state index in [1.165, 1.54) is 0 Å². The number of esters is 1. The predicted octanol–water partition coefficient (Wildman–Crippen LogP) is 1.40. The fourth-order valence-corrected chi connectivity index (χ4v) is 2.26. The number of pyridine rings is 1. The minimum absolute atomic E-state index is 0.000978. The van der Waals surface area contributed by atoms with Crippen LogP contribution in [0.3, 0.4) is 0 Å². The molecule has 1 aromatic rings. The fraction of sp³-hybridized carbons (Fsp3) is 0.533. The van der Waals surface area contributed by atoms with Crippen LogP contribution in [0.25, 0.3) is 0 Å². The Kier molecular flexibility index (Phi) is 5.54. The Balaban J connectivity index is 1.74. The summed E-state index contributed by atoms with van der Waals surface area (Å²) in [5.41, 5.74) is 0. The van der Waals surface area contributed by atoms with Crippen molar-refractivity contribution in [2.75, 3.05) is 19.7 Å². The van der Waals surface area contributed by atoms with Gasteiger partial charge in [0.1, 0.15) is 11.9 Å². The van der Waals surface area contributed by atoms with Crippen LogP contribution in [-0.4, -0.2) is 47.6 Å². The molecule has 1 aliphatic rings. The summed E-state index contributed by atoms with van der Waals surface area (Å²) >= 11 is 0. The molecule has 1 amide bonds. The molecule has 21 heavy (non-hydrogen) atoms. The van der Waals surface area contributed by atoms with Crippen LogP contribution in [0.2, 0.25) is 0 Å². The van der Waals surface area contributed by atoms with Gasteiger partial charge in [0.05, 0.1) is 19.6 Å². The van der Waals surface area contributed by atoms with Gasteiger partial charge in [0, 0.05) is 31.8 Å². The van der Waals surface area contributed by atoms with Gasteiger partial charge in [-0.25, -0.2) is 0 Å². The molecule has 0 aromatic carbocycles. The van der Waals surface area contributed by atoms with Crippen LogP contribution in [0.1, 0.15) is 26.2 Å². The number of carbonyl (C=O) groups is 2. The molecule has 1 aliphatic heterocycles. The lowest BCUT2D eigenvalue weighted by Crippen LogP contribution is -2.31. The molecule has 114 valence electrons. The monoisotopic (exact) mass is 292 g/mol. The predicted molar refractivity (Wildman–Crippen MR) is 75.7 cm³/mol. The van der Waals surface area contributed by atoms with Gasteiger partial charge in [0.25, 0.3) is 0 Å². The zero-order valence-corrected chi connectivity index (χ0v) is 12.2. The molecule has 6 heteroatoms. The lowest BCUT2D eigenvalue weighted by molar-refractivity contribution is -0.145. The van der Waals surface area contributed by atoms with Gasteiger partial charge >= 0.3 is 5.97 Å². The minimum atomic E-state index is -0.324. The second-order valence-corrected chi connectivity index (χ2v) is 4.86. The van der Waals surface area contributed by atoms with Crippen LogP contribution >= 0.6 is 0 Å². The van der Waals surface area contributed by atoms with E-state index in [0.29, 0.717) is 19.7 Å². The van der Waals surface area contributed by atoms with E-state index >= 15 is 0 Å². The standard InChI is InChI=1S/C15H20N2O4/c1-2-20-15(19)4-3-14(18)17-10-7-13(11-17)21-12-5-8-16-9-6-12/h5-6,8-9,13H,2-4,7,10-11H2,1H3/t13-/m1/s1. The van der Waals surface area contributed by atoms with E-state index in [4.69, 9.17) is 9.47 Å². The van der Waals surface area contributed by atoms with E-state index < -0.39 is 0 Å². The highest BCUT2D eigenvalue weighted by molar-refractivity contribution is 5.81. The molecule has 0 spiro atoms. The number of amides is 1. The zero-order chi connectivity index (χ0) is 15.1. The zero-order valence-electron chi connectivity index (χ0n) is 12.2. The average Bonchev–Trinajstić information content (AvgIpc) is 2.95. The van der Waals surface area contributed by atoms with Gasteiger partial charge in [-0.15, -0.1) is 0 Å². The molecule has 0 bridgehead atoms. The van der Waals surface area contributed by atoms with E-state index in [2.05, 4.69) is 4.98 Å². The molecule has 1 atom stereocenters. The van der Waals surface area contributed by atoms with E-state index in [0.717, 1.165) is 12.2 Å². The first kappa shape index (κ1) is 15.3. The number of aromatic nitrogens is 1. The molecule has 6 nitrogen and oxygen atoms in total. The van der Waals surface area contributed by atoms with Crippen LogP contribution in [0.5, 0.6) is 5.75 Å². The highest BCUT2D eigenvalue weighted by atomic mass is 16.5. The molecule has 1 saturated heterocycles.